The lowest BCUT2D eigenvalue weighted by atomic mass is 10.0. The zero-order chi connectivity index (χ0) is 22.3. The molecule has 4 rings (SSSR count). The molecule has 0 radical (unpaired) electrons. The van der Waals surface area contributed by atoms with E-state index < -0.39 is 0 Å². The molecule has 1 aromatic heterocycles. The Balaban J connectivity index is 1.28. The van der Waals surface area contributed by atoms with E-state index >= 15 is 0 Å². The van der Waals surface area contributed by atoms with Gasteiger partial charge in [-0.15, -0.1) is 10.2 Å². The zero-order valence-electron chi connectivity index (χ0n) is 18.1. The van der Waals surface area contributed by atoms with Crippen LogP contribution in [0.5, 0.6) is 5.75 Å². The number of carbonyl (C=O) groups excluding carboxylic acids is 1. The molecule has 32 heavy (non-hydrogen) atoms. The summed E-state index contributed by atoms with van der Waals surface area (Å²) in [6.45, 7) is 5.41. The Morgan fingerprint density at radius 3 is 2.59 bits per heavy atom. The molecular weight excluding hydrogens is 429 g/mol. The van der Waals surface area contributed by atoms with E-state index in [0.29, 0.717) is 28.0 Å². The van der Waals surface area contributed by atoms with Crippen LogP contribution in [-0.4, -0.2) is 46.3 Å². The molecule has 2 heterocycles. The first-order valence-electron chi connectivity index (χ1n) is 10.8. The maximum absolute atomic E-state index is 13.1. The number of aromatic nitrogens is 2. The number of halogens is 1. The zero-order valence-corrected chi connectivity index (χ0v) is 18.9. The third-order valence-electron chi connectivity index (χ3n) is 5.42. The summed E-state index contributed by atoms with van der Waals surface area (Å²) < 4.78 is 24.6. The van der Waals surface area contributed by atoms with Gasteiger partial charge in [0.15, 0.2) is 12.4 Å². The van der Waals surface area contributed by atoms with Crippen LogP contribution in [-0.2, 0) is 6.61 Å². The van der Waals surface area contributed by atoms with Gasteiger partial charge in [-0.2, -0.15) is 0 Å². The van der Waals surface area contributed by atoms with Gasteiger partial charge in [-0.05, 0) is 80.9 Å². The molecule has 1 aliphatic rings. The van der Waals surface area contributed by atoms with Crippen molar-refractivity contribution in [3.05, 3.63) is 70.9 Å². The van der Waals surface area contributed by atoms with Gasteiger partial charge >= 0.3 is 0 Å². The minimum atomic E-state index is -0.369. The lowest BCUT2D eigenvalue weighted by Gasteiger charge is -2.25. The van der Waals surface area contributed by atoms with Gasteiger partial charge in [0.05, 0.1) is 0 Å². The van der Waals surface area contributed by atoms with E-state index in [9.17, 15) is 9.18 Å². The van der Waals surface area contributed by atoms with Crippen LogP contribution in [0.1, 0.15) is 46.6 Å². The third kappa shape index (κ3) is 5.95. The fraction of sp³-hybridized carbons (Fsp3) is 0.375. The van der Waals surface area contributed by atoms with E-state index in [1.54, 1.807) is 30.0 Å². The summed E-state index contributed by atoms with van der Waals surface area (Å²) in [5.74, 6) is 1.44. The Bertz CT molecular complexity index is 1050. The number of ether oxygens (including phenoxy) is 1. The first-order chi connectivity index (χ1) is 15.6. The number of hydrogen-bond donors (Lipinski definition) is 0. The Morgan fingerprint density at radius 1 is 1.09 bits per heavy atom. The number of aryl methyl sites for hydroxylation is 1. The van der Waals surface area contributed by atoms with Gasteiger partial charge in [0, 0.05) is 23.4 Å². The van der Waals surface area contributed by atoms with E-state index in [1.807, 2.05) is 6.92 Å². The van der Waals surface area contributed by atoms with Gasteiger partial charge in [0.25, 0.3) is 11.1 Å². The van der Waals surface area contributed by atoms with Crippen LogP contribution in [0.15, 0.2) is 52.1 Å². The number of thioether (sulfide) groups is 1. The fourth-order valence-electron chi connectivity index (χ4n) is 3.66. The van der Waals surface area contributed by atoms with Crippen LogP contribution < -0.4 is 4.74 Å². The van der Waals surface area contributed by atoms with E-state index in [-0.39, 0.29) is 18.2 Å². The third-order valence-corrected chi connectivity index (χ3v) is 6.22. The molecule has 3 aromatic rings. The predicted molar refractivity (Wildman–Crippen MR) is 121 cm³/mol. The molecule has 0 aliphatic carbocycles. The Kier molecular flexibility index (Phi) is 7.55. The summed E-state index contributed by atoms with van der Waals surface area (Å²) in [5, 5.41) is 8.70. The summed E-state index contributed by atoms with van der Waals surface area (Å²) in [6.07, 6.45) is 3.91. The van der Waals surface area contributed by atoms with Gasteiger partial charge in [-0.1, -0.05) is 18.2 Å². The normalized spacial score (nSPS) is 14.4. The molecule has 6 nitrogen and oxygen atoms in total. The molecule has 2 aromatic carbocycles. The minimum Gasteiger partial charge on any atom is -0.484 e. The monoisotopic (exact) mass is 455 g/mol. The molecule has 1 saturated heterocycles. The van der Waals surface area contributed by atoms with Crippen LogP contribution in [0, 0.1) is 12.7 Å². The smallest absolute Gasteiger partial charge is 0.276 e. The van der Waals surface area contributed by atoms with E-state index in [4.69, 9.17) is 9.15 Å². The van der Waals surface area contributed by atoms with Crippen molar-refractivity contribution in [1.82, 2.24) is 15.1 Å². The van der Waals surface area contributed by atoms with Crippen LogP contribution in [0.2, 0.25) is 0 Å². The Hall–Kier alpha value is -2.71. The highest BCUT2D eigenvalue weighted by Gasteiger charge is 2.14. The molecule has 1 aliphatic heterocycles. The molecule has 0 atom stereocenters. The number of rotatable bonds is 9. The van der Waals surface area contributed by atoms with Crippen LogP contribution in [0.25, 0.3) is 0 Å². The second-order valence-electron chi connectivity index (χ2n) is 7.82. The van der Waals surface area contributed by atoms with E-state index in [0.717, 1.165) is 17.9 Å². The summed E-state index contributed by atoms with van der Waals surface area (Å²) in [7, 11) is 0. The fourth-order valence-corrected chi connectivity index (χ4v) is 4.44. The largest absolute Gasteiger partial charge is 0.484 e. The first-order valence-corrected chi connectivity index (χ1v) is 11.8. The van der Waals surface area contributed by atoms with E-state index in [1.165, 1.54) is 56.6 Å². The maximum atomic E-state index is 13.1. The summed E-state index contributed by atoms with van der Waals surface area (Å²) in [4.78, 5) is 15.1. The molecule has 0 spiro atoms. The summed E-state index contributed by atoms with van der Waals surface area (Å²) >= 11 is 1.57. The number of piperidine rings is 1. The predicted octanol–water partition coefficient (Wildman–Crippen LogP) is 4.91. The van der Waals surface area contributed by atoms with Gasteiger partial charge in [-0.3, -0.25) is 4.79 Å². The van der Waals surface area contributed by atoms with Gasteiger partial charge in [-0.25, -0.2) is 4.39 Å². The van der Waals surface area contributed by atoms with Gasteiger partial charge < -0.3 is 14.1 Å². The number of likely N-dealkylation sites (tertiary alicyclic amines) is 1. The van der Waals surface area contributed by atoms with Crippen LogP contribution in [0.3, 0.4) is 0 Å². The van der Waals surface area contributed by atoms with Gasteiger partial charge in [0.1, 0.15) is 11.6 Å². The van der Waals surface area contributed by atoms with Gasteiger partial charge in [0.2, 0.25) is 0 Å². The second kappa shape index (κ2) is 10.7. The average Bonchev–Trinajstić information content (AvgIpc) is 3.27. The molecule has 1 fully saturated rings. The van der Waals surface area contributed by atoms with Crippen molar-refractivity contribution in [2.45, 2.75) is 38.0 Å². The summed E-state index contributed by atoms with van der Waals surface area (Å²) in [6, 6.07) is 10.7. The quantitative estimate of drug-likeness (QED) is 0.336. The molecule has 0 bridgehead atoms. The number of carbonyl (C=O) groups is 1. The number of nitrogens with zero attached hydrogens (tertiary/aromatic N) is 3. The Labute approximate surface area is 191 Å². The van der Waals surface area contributed by atoms with Crippen molar-refractivity contribution in [3.8, 4) is 5.75 Å². The Morgan fingerprint density at radius 2 is 1.84 bits per heavy atom. The SMILES string of the molecule is Cc1cc(C(=O)c2ccc(F)cc2)ccc1OCc1nnc(SCCN2CCCCC2)o1. The van der Waals surface area contributed by atoms with Crippen LogP contribution in [0.4, 0.5) is 4.39 Å². The van der Waals surface area contributed by atoms with Crippen molar-refractivity contribution in [2.24, 2.45) is 0 Å². The number of ketones is 1. The number of hydrogen-bond acceptors (Lipinski definition) is 7. The minimum absolute atomic E-state index is 0.159. The van der Waals surface area contributed by atoms with Crippen molar-refractivity contribution < 1.29 is 18.3 Å². The molecule has 0 N–H and O–H groups in total. The highest BCUT2D eigenvalue weighted by Crippen LogP contribution is 2.23. The average molecular weight is 456 g/mol. The van der Waals surface area contributed by atoms with Crippen molar-refractivity contribution in [3.63, 3.8) is 0 Å². The molecule has 8 heteroatoms. The molecule has 0 amide bonds. The maximum Gasteiger partial charge on any atom is 0.276 e. The molecule has 0 unspecified atom stereocenters. The lowest BCUT2D eigenvalue weighted by Crippen LogP contribution is -2.31. The highest BCUT2D eigenvalue weighted by atomic mass is 32.2. The molecule has 168 valence electrons. The highest BCUT2D eigenvalue weighted by molar-refractivity contribution is 7.99. The van der Waals surface area contributed by atoms with Crippen molar-refractivity contribution in [1.29, 1.82) is 0 Å². The lowest BCUT2D eigenvalue weighted by molar-refractivity contribution is 0.103. The van der Waals surface area contributed by atoms with E-state index in [2.05, 4.69) is 15.1 Å². The topological polar surface area (TPSA) is 68.5 Å². The standard InChI is InChI=1S/C24H26FN3O3S/c1-17-15-19(23(29)18-5-8-20(25)9-6-18)7-10-21(17)30-16-22-26-27-24(31-22)32-14-13-28-11-3-2-4-12-28/h5-10,15H,2-4,11-14,16H2,1H3. The van der Waals surface area contributed by atoms with Crippen molar-refractivity contribution in [2.75, 3.05) is 25.4 Å². The second-order valence-corrected chi connectivity index (χ2v) is 8.86. The molecule has 0 saturated carbocycles. The summed E-state index contributed by atoms with van der Waals surface area (Å²) in [5.41, 5.74) is 1.77. The molecular formula is C24H26FN3O3S. The number of benzene rings is 2. The first kappa shape index (κ1) is 22.5. The van der Waals surface area contributed by atoms with Crippen molar-refractivity contribution >= 4 is 17.5 Å². The van der Waals surface area contributed by atoms with Crippen LogP contribution >= 0.6 is 11.8 Å².